The van der Waals surface area contributed by atoms with E-state index in [1.54, 1.807) is 6.07 Å². The predicted molar refractivity (Wildman–Crippen MR) is 85.0 cm³/mol. The first-order valence-electron chi connectivity index (χ1n) is 7.17. The Kier molecular flexibility index (Phi) is 5.73. The lowest BCUT2D eigenvalue weighted by atomic mass is 10.1. The molecule has 0 spiro atoms. The molecule has 1 aromatic rings. The number of benzene rings is 1. The highest BCUT2D eigenvalue weighted by atomic mass is 35.5. The van der Waals surface area contributed by atoms with E-state index in [0.717, 1.165) is 30.4 Å². The number of amides is 2. The van der Waals surface area contributed by atoms with Gasteiger partial charge in [-0.1, -0.05) is 29.3 Å². The summed E-state index contributed by atoms with van der Waals surface area (Å²) in [6.07, 6.45) is 3.09. The first kappa shape index (κ1) is 16.4. The fraction of sp³-hybridized carbons (Fsp3) is 0.533. The van der Waals surface area contributed by atoms with Crippen LogP contribution in [0.3, 0.4) is 0 Å². The summed E-state index contributed by atoms with van der Waals surface area (Å²) >= 11 is 12.2. The maximum atomic E-state index is 12.0. The second-order valence-electron chi connectivity index (χ2n) is 5.41. The maximum Gasteiger partial charge on any atom is 0.315 e. The third-order valence-electron chi connectivity index (χ3n) is 3.77. The number of carbonyl (C=O) groups is 1. The minimum atomic E-state index is -0.190. The molecule has 2 atom stereocenters. The Bertz CT molecular complexity index is 523. The maximum absolute atomic E-state index is 12.0. The minimum Gasteiger partial charge on any atom is -0.396 e. The molecule has 2 unspecified atom stereocenters. The molecule has 4 nitrogen and oxygen atoms in total. The summed E-state index contributed by atoms with van der Waals surface area (Å²) in [5.74, 6) is 0. The summed E-state index contributed by atoms with van der Waals surface area (Å²) in [5, 5.41) is 15.8. The summed E-state index contributed by atoms with van der Waals surface area (Å²) in [7, 11) is 0. The van der Waals surface area contributed by atoms with Gasteiger partial charge in [-0.3, -0.25) is 0 Å². The van der Waals surface area contributed by atoms with Crippen LogP contribution < -0.4 is 10.6 Å². The van der Waals surface area contributed by atoms with Gasteiger partial charge in [0.2, 0.25) is 0 Å². The van der Waals surface area contributed by atoms with Crippen molar-refractivity contribution in [3.8, 4) is 0 Å². The standard InChI is InChI=1S/C15H20Cl2N2O2/c1-9(3-2-8-20)18-15(21)19-13-7-5-11-10(13)4-6-12(16)14(11)17/h4,6,9,13,20H,2-3,5,7-8H2,1H3,(H2,18,19,21). The van der Waals surface area contributed by atoms with Crippen molar-refractivity contribution in [2.45, 2.75) is 44.7 Å². The average Bonchev–Trinajstić information content (AvgIpc) is 2.84. The largest absolute Gasteiger partial charge is 0.396 e. The number of fused-ring (bicyclic) bond motifs is 1. The Balaban J connectivity index is 1.94. The van der Waals surface area contributed by atoms with Gasteiger partial charge in [-0.05, 0) is 49.8 Å². The van der Waals surface area contributed by atoms with Crippen molar-refractivity contribution in [1.29, 1.82) is 0 Å². The Hall–Kier alpha value is -0.970. The molecule has 0 radical (unpaired) electrons. The van der Waals surface area contributed by atoms with Crippen molar-refractivity contribution in [3.63, 3.8) is 0 Å². The lowest BCUT2D eigenvalue weighted by Gasteiger charge is -2.18. The first-order valence-corrected chi connectivity index (χ1v) is 7.93. The Morgan fingerprint density at radius 1 is 1.48 bits per heavy atom. The topological polar surface area (TPSA) is 61.4 Å². The van der Waals surface area contributed by atoms with Crippen molar-refractivity contribution >= 4 is 29.2 Å². The number of nitrogens with one attached hydrogen (secondary N) is 2. The SMILES string of the molecule is CC(CCCO)NC(=O)NC1CCc2c1ccc(Cl)c2Cl. The van der Waals surface area contributed by atoms with Gasteiger partial charge in [0.15, 0.2) is 0 Å². The van der Waals surface area contributed by atoms with E-state index in [0.29, 0.717) is 16.5 Å². The van der Waals surface area contributed by atoms with E-state index < -0.39 is 0 Å². The fourth-order valence-corrected chi connectivity index (χ4v) is 3.12. The predicted octanol–water partition coefficient (Wildman–Crippen LogP) is 3.44. The zero-order valence-corrected chi connectivity index (χ0v) is 13.5. The Morgan fingerprint density at radius 3 is 2.95 bits per heavy atom. The molecule has 0 fully saturated rings. The van der Waals surface area contributed by atoms with E-state index in [-0.39, 0.29) is 24.7 Å². The third kappa shape index (κ3) is 4.02. The molecule has 1 aliphatic rings. The van der Waals surface area contributed by atoms with Crippen molar-refractivity contribution in [2.24, 2.45) is 0 Å². The van der Waals surface area contributed by atoms with Gasteiger partial charge in [0.25, 0.3) is 0 Å². The zero-order chi connectivity index (χ0) is 15.4. The highest BCUT2D eigenvalue weighted by molar-refractivity contribution is 6.42. The van der Waals surface area contributed by atoms with Gasteiger partial charge in [-0.25, -0.2) is 4.79 Å². The molecule has 1 aromatic carbocycles. The summed E-state index contributed by atoms with van der Waals surface area (Å²) in [5.41, 5.74) is 2.07. The number of carbonyl (C=O) groups excluding carboxylic acids is 1. The molecule has 0 bridgehead atoms. The number of urea groups is 1. The fourth-order valence-electron chi connectivity index (χ4n) is 2.68. The lowest BCUT2D eigenvalue weighted by molar-refractivity contribution is 0.230. The van der Waals surface area contributed by atoms with Crippen molar-refractivity contribution < 1.29 is 9.90 Å². The second kappa shape index (κ2) is 7.34. The van der Waals surface area contributed by atoms with E-state index in [4.69, 9.17) is 28.3 Å². The Morgan fingerprint density at radius 2 is 2.24 bits per heavy atom. The normalized spacial score (nSPS) is 18.2. The van der Waals surface area contributed by atoms with Crippen molar-refractivity contribution in [2.75, 3.05) is 6.61 Å². The molecule has 0 aromatic heterocycles. The van der Waals surface area contributed by atoms with Crippen molar-refractivity contribution in [1.82, 2.24) is 10.6 Å². The van der Waals surface area contributed by atoms with E-state index in [1.165, 1.54) is 0 Å². The van der Waals surface area contributed by atoms with E-state index in [9.17, 15) is 4.79 Å². The smallest absolute Gasteiger partial charge is 0.315 e. The van der Waals surface area contributed by atoms with Gasteiger partial charge < -0.3 is 15.7 Å². The molecule has 1 aliphatic carbocycles. The van der Waals surface area contributed by atoms with Gasteiger partial charge in [-0.2, -0.15) is 0 Å². The monoisotopic (exact) mass is 330 g/mol. The minimum absolute atomic E-state index is 0.0280. The zero-order valence-electron chi connectivity index (χ0n) is 12.0. The van der Waals surface area contributed by atoms with Gasteiger partial charge in [0.05, 0.1) is 16.1 Å². The Labute approximate surface area is 134 Å². The first-order chi connectivity index (χ1) is 10.0. The summed E-state index contributed by atoms with van der Waals surface area (Å²) in [4.78, 5) is 12.0. The van der Waals surface area contributed by atoms with Gasteiger partial charge in [0, 0.05) is 12.6 Å². The second-order valence-corrected chi connectivity index (χ2v) is 6.19. The number of aliphatic hydroxyl groups is 1. The van der Waals surface area contributed by atoms with Crippen LogP contribution >= 0.6 is 23.2 Å². The highest BCUT2D eigenvalue weighted by Gasteiger charge is 2.26. The van der Waals surface area contributed by atoms with Crippen LogP contribution in [-0.4, -0.2) is 23.8 Å². The molecular formula is C15H20Cl2N2O2. The molecule has 0 saturated heterocycles. The van der Waals surface area contributed by atoms with Crippen LogP contribution in [-0.2, 0) is 6.42 Å². The quantitative estimate of drug-likeness (QED) is 0.774. The van der Waals surface area contributed by atoms with Crippen LogP contribution in [0.25, 0.3) is 0 Å². The van der Waals surface area contributed by atoms with Gasteiger partial charge >= 0.3 is 6.03 Å². The van der Waals surface area contributed by atoms with E-state index >= 15 is 0 Å². The van der Waals surface area contributed by atoms with Crippen LogP contribution in [0.4, 0.5) is 4.79 Å². The van der Waals surface area contributed by atoms with Crippen LogP contribution in [0.15, 0.2) is 12.1 Å². The van der Waals surface area contributed by atoms with Crippen LogP contribution in [0.2, 0.25) is 10.0 Å². The van der Waals surface area contributed by atoms with Crippen molar-refractivity contribution in [3.05, 3.63) is 33.3 Å². The number of aliphatic hydroxyl groups excluding tert-OH is 1. The molecule has 0 saturated carbocycles. The molecule has 3 N–H and O–H groups in total. The molecule has 2 amide bonds. The van der Waals surface area contributed by atoms with Crippen LogP contribution in [0, 0.1) is 0 Å². The number of rotatable bonds is 5. The van der Waals surface area contributed by atoms with Crippen LogP contribution in [0.5, 0.6) is 0 Å². The van der Waals surface area contributed by atoms with Crippen LogP contribution in [0.1, 0.15) is 43.4 Å². The molecule has 0 aliphatic heterocycles. The molecular weight excluding hydrogens is 311 g/mol. The molecule has 21 heavy (non-hydrogen) atoms. The third-order valence-corrected chi connectivity index (χ3v) is 4.61. The molecule has 6 heteroatoms. The van der Waals surface area contributed by atoms with Gasteiger partial charge in [0.1, 0.15) is 0 Å². The number of halogens is 2. The van der Waals surface area contributed by atoms with E-state index in [1.807, 2.05) is 13.0 Å². The molecule has 0 heterocycles. The summed E-state index contributed by atoms with van der Waals surface area (Å²) in [6.45, 7) is 2.07. The number of hydrogen-bond donors (Lipinski definition) is 3. The lowest BCUT2D eigenvalue weighted by Crippen LogP contribution is -2.42. The van der Waals surface area contributed by atoms with Gasteiger partial charge in [-0.15, -0.1) is 0 Å². The average molecular weight is 331 g/mol. The highest BCUT2D eigenvalue weighted by Crippen LogP contribution is 2.38. The summed E-state index contributed by atoms with van der Waals surface area (Å²) in [6, 6.07) is 3.51. The number of hydrogen-bond acceptors (Lipinski definition) is 2. The van der Waals surface area contributed by atoms with E-state index in [2.05, 4.69) is 10.6 Å². The summed E-state index contributed by atoms with van der Waals surface area (Å²) < 4.78 is 0. The molecule has 116 valence electrons. The molecule has 2 rings (SSSR count).